The van der Waals surface area contributed by atoms with Crippen LogP contribution in [0.2, 0.25) is 0 Å². The molecule has 2 rings (SSSR count). The monoisotopic (exact) mass is 272 g/mol. The molecule has 0 aliphatic heterocycles. The van der Waals surface area contributed by atoms with Crippen LogP contribution in [0.25, 0.3) is 5.69 Å². The molecule has 0 saturated carbocycles. The van der Waals surface area contributed by atoms with Crippen molar-refractivity contribution in [1.82, 2.24) is 19.9 Å². The average Bonchev–Trinajstić information content (AvgIpc) is 2.79. The Balaban J connectivity index is 2.12. The smallest absolute Gasteiger partial charge is 0.100 e. The quantitative estimate of drug-likeness (QED) is 0.810. The van der Waals surface area contributed by atoms with E-state index in [4.69, 9.17) is 0 Å². The highest BCUT2D eigenvalue weighted by atomic mass is 15.4. The maximum Gasteiger partial charge on any atom is 0.100 e. The van der Waals surface area contributed by atoms with E-state index in [1.807, 2.05) is 4.68 Å². The Kier molecular flexibility index (Phi) is 4.90. The molecular weight excluding hydrogens is 248 g/mol. The first kappa shape index (κ1) is 14.7. The number of unbranched alkanes of at least 4 members (excludes halogenated alkanes) is 1. The Bertz CT molecular complexity index is 542. The van der Waals surface area contributed by atoms with Crippen molar-refractivity contribution in [1.29, 1.82) is 0 Å². The zero-order valence-corrected chi connectivity index (χ0v) is 12.9. The van der Waals surface area contributed by atoms with Crippen molar-refractivity contribution >= 4 is 0 Å². The molecular formula is C16H24N4. The molecule has 0 aliphatic rings. The second kappa shape index (κ2) is 6.66. The topological polar surface area (TPSA) is 34.0 Å². The first-order valence-corrected chi connectivity index (χ1v) is 7.28. The van der Waals surface area contributed by atoms with E-state index in [0.29, 0.717) is 0 Å². The summed E-state index contributed by atoms with van der Waals surface area (Å²) >= 11 is 0. The number of nitrogens with zero attached hydrogens (tertiary/aromatic N) is 4. The molecule has 0 saturated heterocycles. The van der Waals surface area contributed by atoms with Crippen molar-refractivity contribution in [3.8, 4) is 5.69 Å². The molecule has 4 nitrogen and oxygen atoms in total. The summed E-state index contributed by atoms with van der Waals surface area (Å²) in [6, 6.07) is 8.37. The number of benzene rings is 1. The molecule has 0 amide bonds. The molecule has 0 N–H and O–H groups in total. The molecule has 0 aliphatic carbocycles. The van der Waals surface area contributed by atoms with Crippen molar-refractivity contribution < 1.29 is 0 Å². The Morgan fingerprint density at radius 3 is 2.50 bits per heavy atom. The zero-order valence-electron chi connectivity index (χ0n) is 12.9. The first-order valence-electron chi connectivity index (χ1n) is 7.28. The van der Waals surface area contributed by atoms with Crippen molar-refractivity contribution in [2.24, 2.45) is 0 Å². The lowest BCUT2D eigenvalue weighted by Gasteiger charge is -2.14. The highest BCUT2D eigenvalue weighted by molar-refractivity contribution is 5.35. The molecule has 1 heterocycles. The van der Waals surface area contributed by atoms with E-state index in [1.54, 1.807) is 0 Å². The van der Waals surface area contributed by atoms with Crippen LogP contribution in [0, 0.1) is 13.8 Å². The number of rotatable bonds is 6. The average molecular weight is 272 g/mol. The van der Waals surface area contributed by atoms with E-state index in [2.05, 4.69) is 67.3 Å². The maximum atomic E-state index is 4.33. The van der Waals surface area contributed by atoms with Crippen LogP contribution in [-0.4, -0.2) is 33.5 Å². The summed E-state index contributed by atoms with van der Waals surface area (Å²) in [6.45, 7) is 8.35. The van der Waals surface area contributed by atoms with E-state index in [-0.39, 0.29) is 0 Å². The summed E-state index contributed by atoms with van der Waals surface area (Å²) in [5.74, 6) is 0. The Hall–Kier alpha value is -1.68. The fourth-order valence-electron chi connectivity index (χ4n) is 2.20. The largest absolute Gasteiger partial charge is 0.300 e. The molecule has 20 heavy (non-hydrogen) atoms. The summed E-state index contributed by atoms with van der Waals surface area (Å²) < 4.78 is 1.92. The number of hydrogen-bond donors (Lipinski definition) is 0. The molecule has 0 spiro atoms. The third kappa shape index (κ3) is 3.45. The maximum absolute atomic E-state index is 4.33. The highest BCUT2D eigenvalue weighted by Crippen LogP contribution is 2.14. The second-order valence-corrected chi connectivity index (χ2v) is 5.46. The summed E-state index contributed by atoms with van der Waals surface area (Å²) in [7, 11) is 2.14. The minimum absolute atomic E-state index is 0.859. The Labute approximate surface area is 121 Å². The van der Waals surface area contributed by atoms with Gasteiger partial charge in [0.1, 0.15) is 5.69 Å². The molecule has 108 valence electrons. The minimum atomic E-state index is 0.859. The molecule has 0 fully saturated rings. The lowest BCUT2D eigenvalue weighted by atomic mass is 10.2. The molecule has 0 atom stereocenters. The second-order valence-electron chi connectivity index (χ2n) is 5.46. The lowest BCUT2D eigenvalue weighted by molar-refractivity contribution is 0.316. The van der Waals surface area contributed by atoms with Gasteiger partial charge in [0.25, 0.3) is 0 Å². The van der Waals surface area contributed by atoms with Gasteiger partial charge in [0.2, 0.25) is 0 Å². The minimum Gasteiger partial charge on any atom is -0.300 e. The van der Waals surface area contributed by atoms with Crippen LogP contribution in [0.15, 0.2) is 24.3 Å². The van der Waals surface area contributed by atoms with E-state index < -0.39 is 0 Å². The van der Waals surface area contributed by atoms with Gasteiger partial charge in [0.15, 0.2) is 0 Å². The van der Waals surface area contributed by atoms with Crippen LogP contribution in [-0.2, 0) is 6.54 Å². The van der Waals surface area contributed by atoms with Crippen LogP contribution in [0.3, 0.4) is 0 Å². The van der Waals surface area contributed by atoms with Crippen LogP contribution < -0.4 is 0 Å². The van der Waals surface area contributed by atoms with Gasteiger partial charge in [-0.25, -0.2) is 4.68 Å². The van der Waals surface area contributed by atoms with Gasteiger partial charge in [-0.2, -0.15) is 0 Å². The zero-order chi connectivity index (χ0) is 14.5. The summed E-state index contributed by atoms with van der Waals surface area (Å²) in [5.41, 5.74) is 4.51. The predicted octanol–water partition coefficient (Wildman–Crippen LogP) is 3.12. The Morgan fingerprint density at radius 1 is 1.15 bits per heavy atom. The van der Waals surface area contributed by atoms with E-state index in [9.17, 15) is 0 Å². The fourth-order valence-corrected chi connectivity index (χ4v) is 2.20. The van der Waals surface area contributed by atoms with E-state index in [1.165, 1.54) is 18.4 Å². The van der Waals surface area contributed by atoms with Gasteiger partial charge >= 0.3 is 0 Å². The van der Waals surface area contributed by atoms with Gasteiger partial charge in [0, 0.05) is 6.54 Å². The molecule has 0 radical (unpaired) electrons. The predicted molar refractivity (Wildman–Crippen MR) is 82.1 cm³/mol. The number of aromatic nitrogens is 3. The van der Waals surface area contributed by atoms with Gasteiger partial charge < -0.3 is 4.90 Å². The van der Waals surface area contributed by atoms with E-state index >= 15 is 0 Å². The van der Waals surface area contributed by atoms with Crippen molar-refractivity contribution in [3.63, 3.8) is 0 Å². The first-order chi connectivity index (χ1) is 9.61. The third-order valence-corrected chi connectivity index (χ3v) is 3.58. The van der Waals surface area contributed by atoms with Crippen LogP contribution in [0.1, 0.15) is 36.7 Å². The highest BCUT2D eigenvalue weighted by Gasteiger charge is 2.11. The summed E-state index contributed by atoms with van der Waals surface area (Å²) in [4.78, 5) is 2.31. The van der Waals surface area contributed by atoms with E-state index in [0.717, 1.165) is 30.2 Å². The Morgan fingerprint density at radius 2 is 1.85 bits per heavy atom. The summed E-state index contributed by atoms with van der Waals surface area (Å²) in [5, 5.41) is 8.62. The van der Waals surface area contributed by atoms with Gasteiger partial charge in [0.05, 0.1) is 11.4 Å². The van der Waals surface area contributed by atoms with Crippen LogP contribution in [0.4, 0.5) is 0 Å². The molecule has 0 unspecified atom stereocenters. The molecule has 1 aromatic heterocycles. The SMILES string of the molecule is CCCCN(C)Cc1nnn(-c2ccc(C)cc2)c1C. The molecule has 2 aromatic rings. The van der Waals surface area contributed by atoms with Crippen LogP contribution >= 0.6 is 0 Å². The molecule has 1 aromatic carbocycles. The van der Waals surface area contributed by atoms with Crippen molar-refractivity contribution in [3.05, 3.63) is 41.2 Å². The van der Waals surface area contributed by atoms with Gasteiger partial charge in [-0.3, -0.25) is 0 Å². The van der Waals surface area contributed by atoms with Gasteiger partial charge in [-0.15, -0.1) is 5.10 Å². The fraction of sp³-hybridized carbons (Fsp3) is 0.500. The lowest BCUT2D eigenvalue weighted by Crippen LogP contribution is -2.19. The van der Waals surface area contributed by atoms with Crippen molar-refractivity contribution in [2.75, 3.05) is 13.6 Å². The number of aryl methyl sites for hydroxylation is 1. The number of hydrogen-bond acceptors (Lipinski definition) is 3. The van der Waals surface area contributed by atoms with Crippen LogP contribution in [0.5, 0.6) is 0 Å². The molecule has 4 heteroatoms. The normalized spacial score (nSPS) is 11.2. The third-order valence-electron chi connectivity index (χ3n) is 3.58. The standard InChI is InChI=1S/C16H24N4/c1-5-6-11-19(4)12-16-14(3)20(18-17-16)15-9-7-13(2)8-10-15/h7-10H,5-6,11-12H2,1-4H3. The van der Waals surface area contributed by atoms with Crippen molar-refractivity contribution in [2.45, 2.75) is 40.2 Å². The van der Waals surface area contributed by atoms with Gasteiger partial charge in [-0.05, 0) is 46.0 Å². The van der Waals surface area contributed by atoms with Gasteiger partial charge in [-0.1, -0.05) is 36.3 Å². The summed E-state index contributed by atoms with van der Waals surface area (Å²) in [6.07, 6.45) is 2.45. The molecule has 0 bridgehead atoms.